The Hall–Kier alpha value is -1.38. The van der Waals surface area contributed by atoms with E-state index in [2.05, 4.69) is 49.3 Å². The van der Waals surface area contributed by atoms with Crippen molar-refractivity contribution in [3.8, 4) is 0 Å². The molecule has 2 aromatic rings. The molecule has 1 unspecified atom stereocenters. The van der Waals surface area contributed by atoms with Gasteiger partial charge in [-0.15, -0.1) is 0 Å². The van der Waals surface area contributed by atoms with Crippen LogP contribution in [0.3, 0.4) is 0 Å². The molecule has 0 spiro atoms. The van der Waals surface area contributed by atoms with Crippen molar-refractivity contribution in [3.63, 3.8) is 0 Å². The summed E-state index contributed by atoms with van der Waals surface area (Å²) in [6, 6.07) is 10.5. The van der Waals surface area contributed by atoms with Crippen LogP contribution >= 0.6 is 11.6 Å². The van der Waals surface area contributed by atoms with Gasteiger partial charge >= 0.3 is 0 Å². The normalized spacial score (nSPS) is 12.4. The molecule has 0 radical (unpaired) electrons. The molecule has 0 saturated carbocycles. The van der Waals surface area contributed by atoms with Crippen LogP contribution in [0.1, 0.15) is 35.3 Å². The summed E-state index contributed by atoms with van der Waals surface area (Å²) in [4.78, 5) is 4.45. The van der Waals surface area contributed by atoms with Gasteiger partial charge in [0.15, 0.2) is 0 Å². The van der Waals surface area contributed by atoms with Crippen LogP contribution in [0.5, 0.6) is 0 Å². The maximum Gasteiger partial charge on any atom is 0.0762 e. The van der Waals surface area contributed by atoms with Crippen molar-refractivity contribution in [2.75, 3.05) is 6.54 Å². The minimum absolute atomic E-state index is 0.147. The molecule has 0 aliphatic carbocycles. The molecule has 1 N–H and O–H groups in total. The number of hydrogen-bond acceptors (Lipinski definition) is 2. The number of aromatic nitrogens is 1. The Morgan fingerprint density at radius 1 is 1.25 bits per heavy atom. The molecule has 0 bridgehead atoms. The SMILES string of the molecule is CCNC(Cc1cc(C)ccc1C)c1ncccc1Cl. The van der Waals surface area contributed by atoms with Gasteiger partial charge in [0.1, 0.15) is 0 Å². The zero-order chi connectivity index (χ0) is 14.5. The highest BCUT2D eigenvalue weighted by Gasteiger charge is 2.16. The van der Waals surface area contributed by atoms with Crippen LogP contribution in [0.2, 0.25) is 5.02 Å². The van der Waals surface area contributed by atoms with Crippen LogP contribution in [0.4, 0.5) is 0 Å². The molecule has 1 aromatic heterocycles. The molecule has 1 atom stereocenters. The predicted molar refractivity (Wildman–Crippen MR) is 85.3 cm³/mol. The van der Waals surface area contributed by atoms with E-state index in [1.54, 1.807) is 6.20 Å². The summed E-state index contributed by atoms with van der Waals surface area (Å²) >= 11 is 6.29. The first kappa shape index (κ1) is 15.0. The van der Waals surface area contributed by atoms with E-state index < -0.39 is 0 Å². The minimum atomic E-state index is 0.147. The lowest BCUT2D eigenvalue weighted by Gasteiger charge is -2.20. The molecule has 0 fully saturated rings. The van der Waals surface area contributed by atoms with E-state index in [9.17, 15) is 0 Å². The quantitative estimate of drug-likeness (QED) is 0.890. The fraction of sp³-hybridized carbons (Fsp3) is 0.353. The fourth-order valence-corrected chi connectivity index (χ4v) is 2.66. The summed E-state index contributed by atoms with van der Waals surface area (Å²) in [5, 5.41) is 4.21. The van der Waals surface area contributed by atoms with Gasteiger partial charge < -0.3 is 5.32 Å². The van der Waals surface area contributed by atoms with Gasteiger partial charge in [0, 0.05) is 6.20 Å². The summed E-state index contributed by atoms with van der Waals surface area (Å²) in [5.74, 6) is 0. The lowest BCUT2D eigenvalue weighted by Crippen LogP contribution is -2.24. The number of rotatable bonds is 5. The second-order valence-electron chi connectivity index (χ2n) is 5.11. The lowest BCUT2D eigenvalue weighted by atomic mass is 9.97. The zero-order valence-electron chi connectivity index (χ0n) is 12.3. The molecule has 0 aliphatic heterocycles. The van der Waals surface area contributed by atoms with Crippen LogP contribution in [0, 0.1) is 13.8 Å². The second kappa shape index (κ2) is 6.87. The average molecular weight is 289 g/mol. The van der Waals surface area contributed by atoms with Crippen LogP contribution in [0.25, 0.3) is 0 Å². The van der Waals surface area contributed by atoms with Gasteiger partial charge in [-0.1, -0.05) is 42.3 Å². The Balaban J connectivity index is 2.30. The molecule has 106 valence electrons. The first-order valence-corrected chi connectivity index (χ1v) is 7.39. The molecule has 3 heteroatoms. The van der Waals surface area contributed by atoms with E-state index in [1.807, 2.05) is 12.1 Å². The number of nitrogens with zero attached hydrogens (tertiary/aromatic N) is 1. The molecular weight excluding hydrogens is 268 g/mol. The summed E-state index contributed by atoms with van der Waals surface area (Å²) in [6.45, 7) is 7.27. The van der Waals surface area contributed by atoms with Crippen molar-refractivity contribution in [2.24, 2.45) is 0 Å². The van der Waals surface area contributed by atoms with E-state index in [1.165, 1.54) is 16.7 Å². The van der Waals surface area contributed by atoms with Gasteiger partial charge in [0.25, 0.3) is 0 Å². The number of aryl methyl sites for hydroxylation is 2. The maximum absolute atomic E-state index is 6.29. The topological polar surface area (TPSA) is 24.9 Å². The molecule has 0 aliphatic rings. The third kappa shape index (κ3) is 3.59. The smallest absolute Gasteiger partial charge is 0.0762 e. The Morgan fingerprint density at radius 2 is 2.05 bits per heavy atom. The van der Waals surface area contributed by atoms with Gasteiger partial charge in [-0.05, 0) is 50.1 Å². The fourth-order valence-electron chi connectivity index (χ4n) is 2.41. The highest BCUT2D eigenvalue weighted by molar-refractivity contribution is 6.31. The molecule has 0 amide bonds. The molecule has 2 rings (SSSR count). The van der Waals surface area contributed by atoms with Crippen molar-refractivity contribution < 1.29 is 0 Å². The number of halogens is 1. The summed E-state index contributed by atoms with van der Waals surface area (Å²) in [6.07, 6.45) is 2.70. The number of benzene rings is 1. The summed E-state index contributed by atoms with van der Waals surface area (Å²) in [5.41, 5.74) is 4.87. The van der Waals surface area contributed by atoms with E-state index in [0.29, 0.717) is 0 Å². The number of hydrogen-bond donors (Lipinski definition) is 1. The monoisotopic (exact) mass is 288 g/mol. The van der Waals surface area contributed by atoms with Gasteiger partial charge in [-0.2, -0.15) is 0 Å². The molecule has 1 heterocycles. The average Bonchev–Trinajstić information content (AvgIpc) is 2.43. The molecule has 2 nitrogen and oxygen atoms in total. The van der Waals surface area contributed by atoms with Crippen LogP contribution in [-0.2, 0) is 6.42 Å². The standard InChI is InChI=1S/C17H21ClN2/c1-4-19-16(17-15(18)6-5-9-20-17)11-14-10-12(2)7-8-13(14)3/h5-10,16,19H,4,11H2,1-3H3. The molecular formula is C17H21ClN2. The second-order valence-corrected chi connectivity index (χ2v) is 5.52. The molecule has 20 heavy (non-hydrogen) atoms. The molecule has 0 saturated heterocycles. The first-order valence-electron chi connectivity index (χ1n) is 7.01. The first-order chi connectivity index (χ1) is 9.61. The van der Waals surface area contributed by atoms with Gasteiger partial charge in [0.2, 0.25) is 0 Å². The van der Waals surface area contributed by atoms with Crippen molar-refractivity contribution in [1.29, 1.82) is 0 Å². The predicted octanol–water partition coefficient (Wildman–Crippen LogP) is 4.25. The highest BCUT2D eigenvalue weighted by atomic mass is 35.5. The minimum Gasteiger partial charge on any atom is -0.309 e. The van der Waals surface area contributed by atoms with Crippen LogP contribution < -0.4 is 5.32 Å². The van der Waals surface area contributed by atoms with E-state index >= 15 is 0 Å². The number of pyridine rings is 1. The number of nitrogens with one attached hydrogen (secondary N) is 1. The van der Waals surface area contributed by atoms with Crippen LogP contribution in [-0.4, -0.2) is 11.5 Å². The van der Waals surface area contributed by atoms with E-state index in [0.717, 1.165) is 23.7 Å². The van der Waals surface area contributed by atoms with Gasteiger partial charge in [-0.3, -0.25) is 4.98 Å². The summed E-state index contributed by atoms with van der Waals surface area (Å²) in [7, 11) is 0. The van der Waals surface area contributed by atoms with Gasteiger partial charge in [0.05, 0.1) is 16.8 Å². The van der Waals surface area contributed by atoms with Crippen molar-refractivity contribution in [3.05, 3.63) is 63.9 Å². The van der Waals surface area contributed by atoms with Gasteiger partial charge in [-0.25, -0.2) is 0 Å². The lowest BCUT2D eigenvalue weighted by molar-refractivity contribution is 0.536. The summed E-state index contributed by atoms with van der Waals surface area (Å²) < 4.78 is 0. The Labute approximate surface area is 126 Å². The van der Waals surface area contributed by atoms with Crippen molar-refractivity contribution >= 4 is 11.6 Å². The third-order valence-corrected chi connectivity index (χ3v) is 3.82. The largest absolute Gasteiger partial charge is 0.309 e. The number of likely N-dealkylation sites (N-methyl/N-ethyl adjacent to an activating group) is 1. The third-order valence-electron chi connectivity index (χ3n) is 3.50. The molecule has 1 aromatic carbocycles. The van der Waals surface area contributed by atoms with Crippen molar-refractivity contribution in [1.82, 2.24) is 10.3 Å². The Kier molecular flexibility index (Phi) is 5.16. The Bertz CT molecular complexity index is 581. The Morgan fingerprint density at radius 3 is 2.75 bits per heavy atom. The van der Waals surface area contributed by atoms with Crippen molar-refractivity contribution in [2.45, 2.75) is 33.2 Å². The zero-order valence-corrected chi connectivity index (χ0v) is 13.0. The highest BCUT2D eigenvalue weighted by Crippen LogP contribution is 2.25. The maximum atomic E-state index is 6.29. The van der Waals surface area contributed by atoms with E-state index in [4.69, 9.17) is 11.6 Å². The van der Waals surface area contributed by atoms with E-state index in [-0.39, 0.29) is 6.04 Å². The van der Waals surface area contributed by atoms with Crippen LogP contribution in [0.15, 0.2) is 36.5 Å².